The first-order chi connectivity index (χ1) is 7.60. The number of imide groups is 1. The highest BCUT2D eigenvalue weighted by atomic mass is 16.5. The highest BCUT2D eigenvalue weighted by molar-refractivity contribution is 6.03. The van der Waals surface area contributed by atoms with Crippen molar-refractivity contribution in [2.45, 2.75) is 20.8 Å². The van der Waals surface area contributed by atoms with Crippen LogP contribution in [-0.2, 0) is 0 Å². The van der Waals surface area contributed by atoms with Crippen molar-refractivity contribution in [2.24, 2.45) is 0 Å². The van der Waals surface area contributed by atoms with Crippen molar-refractivity contribution >= 4 is 11.9 Å². The van der Waals surface area contributed by atoms with Gasteiger partial charge in [-0.15, -0.1) is 0 Å². The quantitative estimate of drug-likeness (QED) is 0.837. The maximum Gasteiger partial charge on any atom is 0.324 e. The molecule has 1 heterocycles. The summed E-state index contributed by atoms with van der Waals surface area (Å²) >= 11 is 0. The van der Waals surface area contributed by atoms with E-state index in [4.69, 9.17) is 4.52 Å². The third-order valence-electron chi connectivity index (χ3n) is 1.98. The molecule has 0 fully saturated rings. The third-order valence-corrected chi connectivity index (χ3v) is 1.98. The molecule has 0 atom stereocenters. The largest absolute Gasteiger partial charge is 0.361 e. The van der Waals surface area contributed by atoms with Gasteiger partial charge in [0.25, 0.3) is 5.91 Å². The van der Waals surface area contributed by atoms with Gasteiger partial charge in [0.1, 0.15) is 5.76 Å². The first kappa shape index (κ1) is 12.2. The van der Waals surface area contributed by atoms with Crippen molar-refractivity contribution in [3.05, 3.63) is 17.5 Å². The summed E-state index contributed by atoms with van der Waals surface area (Å²) in [5.74, 6) is 0.0839. The number of rotatable bonds is 3. The molecule has 6 nitrogen and oxygen atoms in total. The van der Waals surface area contributed by atoms with Crippen LogP contribution in [0.15, 0.2) is 10.6 Å². The predicted molar refractivity (Wildman–Crippen MR) is 57.0 cm³/mol. The third kappa shape index (κ3) is 2.59. The number of nitrogens with zero attached hydrogens (tertiary/aromatic N) is 2. The van der Waals surface area contributed by atoms with Crippen LogP contribution in [0.2, 0.25) is 0 Å². The van der Waals surface area contributed by atoms with Crippen molar-refractivity contribution in [1.82, 2.24) is 15.4 Å². The normalized spacial score (nSPS) is 9.94. The Morgan fingerprint density at radius 1 is 1.50 bits per heavy atom. The first-order valence-corrected chi connectivity index (χ1v) is 5.13. The minimum atomic E-state index is -0.453. The maximum atomic E-state index is 11.8. The second kappa shape index (κ2) is 5.29. The first-order valence-electron chi connectivity index (χ1n) is 5.13. The summed E-state index contributed by atoms with van der Waals surface area (Å²) in [5.41, 5.74) is 0.144. The molecule has 0 aromatic carbocycles. The Hall–Kier alpha value is -1.85. The Morgan fingerprint density at radius 2 is 2.19 bits per heavy atom. The summed E-state index contributed by atoms with van der Waals surface area (Å²) < 4.78 is 4.79. The van der Waals surface area contributed by atoms with Gasteiger partial charge < -0.3 is 9.84 Å². The van der Waals surface area contributed by atoms with Gasteiger partial charge in [0.15, 0.2) is 5.69 Å². The standard InChI is InChI=1S/C10H15N3O3/c1-4-11-10(15)13(5-2)9(14)8-6-7(3)16-12-8/h6H,4-5H2,1-3H3,(H,11,15). The van der Waals surface area contributed by atoms with Crippen LogP contribution in [0, 0.1) is 6.92 Å². The van der Waals surface area contributed by atoms with Gasteiger partial charge in [0.05, 0.1) is 0 Å². The topological polar surface area (TPSA) is 75.4 Å². The van der Waals surface area contributed by atoms with E-state index in [0.717, 1.165) is 4.90 Å². The molecule has 1 aromatic rings. The van der Waals surface area contributed by atoms with Crippen molar-refractivity contribution in [1.29, 1.82) is 0 Å². The number of urea groups is 1. The van der Waals surface area contributed by atoms with E-state index >= 15 is 0 Å². The number of carbonyl (C=O) groups excluding carboxylic acids is 2. The van der Waals surface area contributed by atoms with Crippen LogP contribution in [0.4, 0.5) is 4.79 Å². The van der Waals surface area contributed by atoms with E-state index in [-0.39, 0.29) is 12.2 Å². The number of aryl methyl sites for hydroxylation is 1. The molecule has 0 spiro atoms. The fourth-order valence-corrected chi connectivity index (χ4v) is 1.23. The molecule has 0 aliphatic rings. The number of hydrogen-bond acceptors (Lipinski definition) is 4. The molecular formula is C10H15N3O3. The van der Waals surface area contributed by atoms with E-state index in [2.05, 4.69) is 10.5 Å². The molecule has 0 radical (unpaired) electrons. The van der Waals surface area contributed by atoms with E-state index in [1.807, 2.05) is 0 Å². The molecule has 16 heavy (non-hydrogen) atoms. The van der Waals surface area contributed by atoms with Crippen LogP contribution < -0.4 is 5.32 Å². The highest BCUT2D eigenvalue weighted by Crippen LogP contribution is 2.06. The summed E-state index contributed by atoms with van der Waals surface area (Å²) in [6, 6.07) is 1.08. The summed E-state index contributed by atoms with van der Waals surface area (Å²) in [5, 5.41) is 6.14. The zero-order valence-corrected chi connectivity index (χ0v) is 9.61. The Kier molecular flexibility index (Phi) is 4.04. The van der Waals surface area contributed by atoms with Crippen LogP contribution in [-0.4, -0.2) is 35.1 Å². The second-order valence-electron chi connectivity index (χ2n) is 3.21. The van der Waals surface area contributed by atoms with E-state index < -0.39 is 11.9 Å². The summed E-state index contributed by atoms with van der Waals surface area (Å²) in [4.78, 5) is 24.5. The number of nitrogens with one attached hydrogen (secondary N) is 1. The Bertz CT molecular complexity index is 386. The summed E-state index contributed by atoms with van der Waals surface area (Å²) in [7, 11) is 0. The monoisotopic (exact) mass is 225 g/mol. The molecule has 0 aliphatic heterocycles. The minimum absolute atomic E-state index is 0.144. The smallest absolute Gasteiger partial charge is 0.324 e. The zero-order chi connectivity index (χ0) is 12.1. The van der Waals surface area contributed by atoms with Gasteiger partial charge in [-0.25, -0.2) is 4.79 Å². The molecule has 88 valence electrons. The van der Waals surface area contributed by atoms with Crippen LogP contribution in [0.25, 0.3) is 0 Å². The van der Waals surface area contributed by atoms with Crippen LogP contribution in [0.1, 0.15) is 30.1 Å². The van der Waals surface area contributed by atoms with Gasteiger partial charge in [-0.3, -0.25) is 9.69 Å². The fourth-order valence-electron chi connectivity index (χ4n) is 1.23. The van der Waals surface area contributed by atoms with E-state index in [9.17, 15) is 9.59 Å². The maximum absolute atomic E-state index is 11.8. The van der Waals surface area contributed by atoms with Crippen LogP contribution in [0.3, 0.4) is 0 Å². The lowest BCUT2D eigenvalue weighted by Gasteiger charge is -2.17. The molecule has 1 aromatic heterocycles. The van der Waals surface area contributed by atoms with Crippen molar-refractivity contribution in [2.75, 3.05) is 13.1 Å². The number of carbonyl (C=O) groups is 2. The second-order valence-corrected chi connectivity index (χ2v) is 3.21. The molecule has 0 unspecified atom stereocenters. The van der Waals surface area contributed by atoms with Crippen molar-refractivity contribution in [3.63, 3.8) is 0 Å². The van der Waals surface area contributed by atoms with Gasteiger partial charge in [-0.1, -0.05) is 5.16 Å². The van der Waals surface area contributed by atoms with Crippen LogP contribution in [0.5, 0.6) is 0 Å². The lowest BCUT2D eigenvalue weighted by molar-refractivity contribution is 0.0798. The Morgan fingerprint density at radius 3 is 2.62 bits per heavy atom. The lowest BCUT2D eigenvalue weighted by atomic mass is 10.3. The van der Waals surface area contributed by atoms with Gasteiger partial charge in [-0.2, -0.15) is 0 Å². The zero-order valence-electron chi connectivity index (χ0n) is 9.61. The fraction of sp³-hybridized carbons (Fsp3) is 0.500. The predicted octanol–water partition coefficient (Wildman–Crippen LogP) is 1.17. The van der Waals surface area contributed by atoms with E-state index in [1.165, 1.54) is 6.07 Å². The molecule has 6 heteroatoms. The molecular weight excluding hydrogens is 210 g/mol. The molecule has 0 bridgehead atoms. The average Bonchev–Trinajstić information content (AvgIpc) is 2.66. The highest BCUT2D eigenvalue weighted by Gasteiger charge is 2.23. The van der Waals surface area contributed by atoms with Crippen molar-refractivity contribution in [3.8, 4) is 0 Å². The average molecular weight is 225 g/mol. The number of aromatic nitrogens is 1. The lowest BCUT2D eigenvalue weighted by Crippen LogP contribution is -2.43. The van der Waals surface area contributed by atoms with Gasteiger partial charge in [0.2, 0.25) is 0 Å². The van der Waals surface area contributed by atoms with Gasteiger partial charge >= 0.3 is 6.03 Å². The Labute approximate surface area is 93.6 Å². The minimum Gasteiger partial charge on any atom is -0.361 e. The molecule has 1 rings (SSSR count). The van der Waals surface area contributed by atoms with Gasteiger partial charge in [-0.05, 0) is 20.8 Å². The SMILES string of the molecule is CCNC(=O)N(CC)C(=O)c1cc(C)on1. The summed E-state index contributed by atoms with van der Waals surface area (Å²) in [6.07, 6.45) is 0. The van der Waals surface area contributed by atoms with Crippen molar-refractivity contribution < 1.29 is 14.1 Å². The number of amides is 3. The number of hydrogen-bond donors (Lipinski definition) is 1. The van der Waals surface area contributed by atoms with Crippen LogP contribution >= 0.6 is 0 Å². The Balaban J connectivity index is 2.81. The van der Waals surface area contributed by atoms with E-state index in [0.29, 0.717) is 12.3 Å². The molecule has 0 saturated carbocycles. The van der Waals surface area contributed by atoms with Gasteiger partial charge in [0, 0.05) is 19.2 Å². The van der Waals surface area contributed by atoms with E-state index in [1.54, 1.807) is 20.8 Å². The summed E-state index contributed by atoms with van der Waals surface area (Å²) in [6.45, 7) is 5.96. The molecule has 0 saturated heterocycles. The molecule has 1 N–H and O–H groups in total. The molecule has 0 aliphatic carbocycles. The molecule has 3 amide bonds.